The second-order valence-electron chi connectivity index (χ2n) is 3.87. The van der Waals surface area contributed by atoms with Crippen molar-refractivity contribution >= 4 is 11.6 Å². The molecule has 0 bridgehead atoms. The number of rotatable bonds is 4. The van der Waals surface area contributed by atoms with Crippen LogP contribution in [0.5, 0.6) is 0 Å². The molecule has 1 aromatic carbocycles. The van der Waals surface area contributed by atoms with Crippen LogP contribution in [-0.4, -0.2) is 32.7 Å². The number of carbonyl (C=O) groups is 1. The normalized spacial score (nSPS) is 10.3. The number of likely N-dealkylation sites (N-methyl/N-ethyl adjacent to an activating group) is 1. The van der Waals surface area contributed by atoms with Crippen molar-refractivity contribution in [1.82, 2.24) is 20.2 Å². The third-order valence-electron chi connectivity index (χ3n) is 2.70. The molecule has 0 aliphatic heterocycles. The Balaban J connectivity index is 2.14. The van der Waals surface area contributed by atoms with E-state index in [1.807, 2.05) is 37.3 Å². The molecule has 6 heteroatoms. The lowest BCUT2D eigenvalue weighted by atomic mass is 10.2. The molecule has 1 amide bonds. The summed E-state index contributed by atoms with van der Waals surface area (Å²) in [6, 6.07) is 9.57. The van der Waals surface area contributed by atoms with Crippen LogP contribution in [-0.2, 0) is 18.3 Å². The number of tetrazole rings is 1. The van der Waals surface area contributed by atoms with Gasteiger partial charge in [-0.25, -0.2) is 4.68 Å². The van der Waals surface area contributed by atoms with Gasteiger partial charge in [0.1, 0.15) is 0 Å². The highest BCUT2D eigenvalue weighted by Crippen LogP contribution is 2.14. The molecule has 6 nitrogen and oxygen atoms in total. The fourth-order valence-corrected chi connectivity index (χ4v) is 1.74. The summed E-state index contributed by atoms with van der Waals surface area (Å²) in [5.74, 6) is 0.552. The van der Waals surface area contributed by atoms with E-state index in [0.717, 1.165) is 5.69 Å². The summed E-state index contributed by atoms with van der Waals surface area (Å²) in [7, 11) is 1.72. The Morgan fingerprint density at radius 2 is 2.06 bits per heavy atom. The number of benzene rings is 1. The molecule has 0 N–H and O–H groups in total. The average Bonchev–Trinajstić information content (AvgIpc) is 2.77. The maximum absolute atomic E-state index is 12.2. The SMILES string of the molecule is CCN(C(=O)Cc1nnnn1C)c1ccccc1. The first-order valence-electron chi connectivity index (χ1n) is 5.79. The van der Waals surface area contributed by atoms with E-state index >= 15 is 0 Å². The maximum Gasteiger partial charge on any atom is 0.234 e. The zero-order valence-corrected chi connectivity index (χ0v) is 10.4. The number of para-hydroxylation sites is 1. The average molecular weight is 245 g/mol. The Morgan fingerprint density at radius 3 is 2.61 bits per heavy atom. The molecular formula is C12H15N5O. The smallest absolute Gasteiger partial charge is 0.234 e. The van der Waals surface area contributed by atoms with Crippen LogP contribution in [0.25, 0.3) is 0 Å². The zero-order chi connectivity index (χ0) is 13.0. The van der Waals surface area contributed by atoms with Crippen LogP contribution in [0, 0.1) is 0 Å². The molecule has 1 heterocycles. The Kier molecular flexibility index (Phi) is 3.66. The molecule has 0 spiro atoms. The van der Waals surface area contributed by atoms with Gasteiger partial charge in [0.2, 0.25) is 5.91 Å². The van der Waals surface area contributed by atoms with Crippen LogP contribution >= 0.6 is 0 Å². The number of hydrogen-bond acceptors (Lipinski definition) is 4. The van der Waals surface area contributed by atoms with Gasteiger partial charge in [0, 0.05) is 19.3 Å². The molecule has 0 saturated heterocycles. The van der Waals surface area contributed by atoms with E-state index in [1.165, 1.54) is 4.68 Å². The lowest BCUT2D eigenvalue weighted by Crippen LogP contribution is -2.32. The van der Waals surface area contributed by atoms with Crippen LogP contribution in [0.3, 0.4) is 0 Å². The van der Waals surface area contributed by atoms with E-state index in [2.05, 4.69) is 15.5 Å². The van der Waals surface area contributed by atoms with Crippen molar-refractivity contribution in [3.63, 3.8) is 0 Å². The standard InChI is InChI=1S/C12H15N5O/c1-3-17(10-7-5-4-6-8-10)12(18)9-11-13-14-15-16(11)2/h4-8H,3,9H2,1-2H3. The first-order valence-corrected chi connectivity index (χ1v) is 5.79. The zero-order valence-electron chi connectivity index (χ0n) is 10.4. The molecule has 0 aliphatic carbocycles. The Bertz CT molecular complexity index is 522. The van der Waals surface area contributed by atoms with Gasteiger partial charge in [0.15, 0.2) is 5.82 Å². The van der Waals surface area contributed by atoms with E-state index in [-0.39, 0.29) is 12.3 Å². The molecule has 0 aliphatic rings. The van der Waals surface area contributed by atoms with Crippen LogP contribution in [0.4, 0.5) is 5.69 Å². The number of aryl methyl sites for hydroxylation is 1. The number of aromatic nitrogens is 4. The van der Waals surface area contributed by atoms with E-state index in [4.69, 9.17) is 0 Å². The van der Waals surface area contributed by atoms with Gasteiger partial charge in [-0.3, -0.25) is 4.79 Å². The molecule has 0 saturated carbocycles. The van der Waals surface area contributed by atoms with Crippen molar-refractivity contribution in [2.24, 2.45) is 7.05 Å². The predicted octanol–water partition coefficient (Wildman–Crippen LogP) is 0.806. The fourth-order valence-electron chi connectivity index (χ4n) is 1.74. The van der Waals surface area contributed by atoms with Crippen molar-refractivity contribution in [3.05, 3.63) is 36.2 Å². The van der Waals surface area contributed by atoms with E-state index in [9.17, 15) is 4.79 Å². The topological polar surface area (TPSA) is 63.9 Å². The first kappa shape index (κ1) is 12.2. The maximum atomic E-state index is 12.2. The van der Waals surface area contributed by atoms with Gasteiger partial charge in [0.25, 0.3) is 0 Å². The van der Waals surface area contributed by atoms with Crippen molar-refractivity contribution in [1.29, 1.82) is 0 Å². The lowest BCUT2D eigenvalue weighted by molar-refractivity contribution is -0.118. The second kappa shape index (κ2) is 5.39. The van der Waals surface area contributed by atoms with Crippen LogP contribution in [0.2, 0.25) is 0 Å². The van der Waals surface area contributed by atoms with Gasteiger partial charge in [-0.05, 0) is 29.5 Å². The van der Waals surface area contributed by atoms with E-state index in [1.54, 1.807) is 11.9 Å². The first-order chi connectivity index (χ1) is 8.72. The van der Waals surface area contributed by atoms with Crippen LogP contribution < -0.4 is 4.90 Å². The van der Waals surface area contributed by atoms with Gasteiger partial charge in [-0.1, -0.05) is 18.2 Å². The summed E-state index contributed by atoms with van der Waals surface area (Å²) in [6.07, 6.45) is 0.201. The summed E-state index contributed by atoms with van der Waals surface area (Å²) in [4.78, 5) is 13.9. The van der Waals surface area contributed by atoms with E-state index < -0.39 is 0 Å². The number of carbonyl (C=O) groups excluding carboxylic acids is 1. The number of anilines is 1. The molecule has 94 valence electrons. The molecule has 18 heavy (non-hydrogen) atoms. The van der Waals surface area contributed by atoms with Crippen molar-refractivity contribution in [2.75, 3.05) is 11.4 Å². The summed E-state index contributed by atoms with van der Waals surface area (Å²) >= 11 is 0. The number of hydrogen-bond donors (Lipinski definition) is 0. The summed E-state index contributed by atoms with van der Waals surface area (Å²) in [5.41, 5.74) is 0.889. The minimum absolute atomic E-state index is 0.0124. The molecular weight excluding hydrogens is 230 g/mol. The number of nitrogens with zero attached hydrogens (tertiary/aromatic N) is 5. The third kappa shape index (κ3) is 2.53. The Labute approximate surface area is 105 Å². The minimum atomic E-state index is -0.0124. The minimum Gasteiger partial charge on any atom is -0.312 e. The molecule has 0 fully saturated rings. The molecule has 0 atom stereocenters. The number of amides is 1. The third-order valence-corrected chi connectivity index (χ3v) is 2.70. The summed E-state index contributed by atoms with van der Waals surface area (Å²) in [5, 5.41) is 11.1. The van der Waals surface area contributed by atoms with Crippen LogP contribution in [0.1, 0.15) is 12.7 Å². The fraction of sp³-hybridized carbons (Fsp3) is 0.333. The highest BCUT2D eigenvalue weighted by molar-refractivity contribution is 5.94. The predicted molar refractivity (Wildman–Crippen MR) is 67.0 cm³/mol. The second-order valence-corrected chi connectivity index (χ2v) is 3.87. The molecule has 2 aromatic rings. The van der Waals surface area contributed by atoms with Crippen molar-refractivity contribution < 1.29 is 4.79 Å². The Morgan fingerprint density at radius 1 is 1.33 bits per heavy atom. The van der Waals surface area contributed by atoms with Crippen LogP contribution in [0.15, 0.2) is 30.3 Å². The largest absolute Gasteiger partial charge is 0.312 e. The van der Waals surface area contributed by atoms with Gasteiger partial charge in [-0.2, -0.15) is 0 Å². The van der Waals surface area contributed by atoms with Gasteiger partial charge < -0.3 is 4.90 Å². The lowest BCUT2D eigenvalue weighted by Gasteiger charge is -2.20. The van der Waals surface area contributed by atoms with Gasteiger partial charge in [-0.15, -0.1) is 5.10 Å². The Hall–Kier alpha value is -2.24. The monoisotopic (exact) mass is 245 g/mol. The van der Waals surface area contributed by atoms with Gasteiger partial charge in [0.05, 0.1) is 6.42 Å². The highest BCUT2D eigenvalue weighted by Gasteiger charge is 2.16. The van der Waals surface area contributed by atoms with Crippen molar-refractivity contribution in [2.45, 2.75) is 13.3 Å². The molecule has 1 aromatic heterocycles. The van der Waals surface area contributed by atoms with Gasteiger partial charge >= 0.3 is 0 Å². The summed E-state index contributed by atoms with van der Waals surface area (Å²) < 4.78 is 1.51. The highest BCUT2D eigenvalue weighted by atomic mass is 16.2. The molecule has 0 unspecified atom stereocenters. The summed E-state index contributed by atoms with van der Waals surface area (Å²) in [6.45, 7) is 2.56. The quantitative estimate of drug-likeness (QED) is 0.799. The van der Waals surface area contributed by atoms with E-state index in [0.29, 0.717) is 12.4 Å². The molecule has 0 radical (unpaired) electrons. The molecule has 2 rings (SSSR count). The van der Waals surface area contributed by atoms with Crippen molar-refractivity contribution in [3.8, 4) is 0 Å².